The molecule has 8 nitrogen and oxygen atoms in total. The Morgan fingerprint density at radius 1 is 1.00 bits per heavy atom. The smallest absolute Gasteiger partial charge is 0.224 e. The van der Waals surface area contributed by atoms with E-state index in [2.05, 4.69) is 41.9 Å². The van der Waals surface area contributed by atoms with E-state index in [1.165, 1.54) is 0 Å². The summed E-state index contributed by atoms with van der Waals surface area (Å²) in [7, 11) is 0. The third-order valence-corrected chi connectivity index (χ3v) is 5.48. The molecular formula is C21H24N6O2. The van der Waals surface area contributed by atoms with Crippen molar-refractivity contribution in [2.45, 2.75) is 19.4 Å². The van der Waals surface area contributed by atoms with Crippen LogP contribution in [0, 0.1) is 6.92 Å². The summed E-state index contributed by atoms with van der Waals surface area (Å²) < 4.78 is 11.5. The zero-order valence-electron chi connectivity index (χ0n) is 16.5. The molecule has 2 aliphatic heterocycles. The molecule has 0 radical (unpaired) electrons. The zero-order chi connectivity index (χ0) is 19.6. The van der Waals surface area contributed by atoms with Gasteiger partial charge < -0.3 is 19.3 Å². The minimum absolute atomic E-state index is 0.0657. The molecule has 2 aliphatic rings. The van der Waals surface area contributed by atoms with Gasteiger partial charge in [0.25, 0.3) is 0 Å². The summed E-state index contributed by atoms with van der Waals surface area (Å²) in [6, 6.07) is 6.31. The molecule has 150 valence electrons. The van der Waals surface area contributed by atoms with Crippen LogP contribution in [0.1, 0.15) is 12.1 Å². The van der Waals surface area contributed by atoms with Gasteiger partial charge in [-0.2, -0.15) is 0 Å². The van der Waals surface area contributed by atoms with Crippen molar-refractivity contribution in [3.8, 4) is 5.88 Å². The van der Waals surface area contributed by atoms with Crippen LogP contribution in [0.25, 0.3) is 10.9 Å². The fourth-order valence-electron chi connectivity index (χ4n) is 3.82. The average Bonchev–Trinajstić information content (AvgIpc) is 3.28. The Hall–Kier alpha value is -3.00. The third-order valence-electron chi connectivity index (χ3n) is 5.48. The first-order valence-corrected chi connectivity index (χ1v) is 10.0. The van der Waals surface area contributed by atoms with E-state index in [1.54, 1.807) is 6.33 Å². The monoisotopic (exact) mass is 392 g/mol. The van der Waals surface area contributed by atoms with E-state index >= 15 is 0 Å². The van der Waals surface area contributed by atoms with Crippen LogP contribution in [0.5, 0.6) is 5.88 Å². The van der Waals surface area contributed by atoms with Crippen molar-refractivity contribution in [3.63, 3.8) is 0 Å². The first-order chi connectivity index (χ1) is 14.3. The highest BCUT2D eigenvalue weighted by Crippen LogP contribution is 2.29. The van der Waals surface area contributed by atoms with Crippen molar-refractivity contribution in [1.29, 1.82) is 0 Å². The number of benzene rings is 1. The van der Waals surface area contributed by atoms with Gasteiger partial charge in [0.05, 0.1) is 42.2 Å². The lowest BCUT2D eigenvalue weighted by atomic mass is 10.2. The van der Waals surface area contributed by atoms with E-state index in [0.29, 0.717) is 12.5 Å². The van der Waals surface area contributed by atoms with Crippen LogP contribution in [0.4, 0.5) is 11.5 Å². The predicted octanol–water partition coefficient (Wildman–Crippen LogP) is 2.22. The fourth-order valence-corrected chi connectivity index (χ4v) is 3.82. The van der Waals surface area contributed by atoms with Gasteiger partial charge in [-0.3, -0.25) is 4.98 Å². The molecule has 0 saturated carbocycles. The number of rotatable bonds is 4. The molecule has 0 amide bonds. The Morgan fingerprint density at radius 3 is 2.62 bits per heavy atom. The SMILES string of the molecule is Cc1cnc(N2CCN(c3ccc4ncnc(OC5CCOC5)c4c3)CC2)cn1. The second-order valence-corrected chi connectivity index (χ2v) is 7.47. The first-order valence-electron chi connectivity index (χ1n) is 10.0. The average molecular weight is 392 g/mol. The molecule has 5 rings (SSSR count). The Morgan fingerprint density at radius 2 is 1.86 bits per heavy atom. The van der Waals surface area contributed by atoms with E-state index < -0.39 is 0 Å². The molecule has 2 saturated heterocycles. The van der Waals surface area contributed by atoms with Gasteiger partial charge in [0.2, 0.25) is 5.88 Å². The Labute approximate surface area is 169 Å². The molecule has 3 aromatic rings. The summed E-state index contributed by atoms with van der Waals surface area (Å²) in [5.74, 6) is 1.58. The van der Waals surface area contributed by atoms with Gasteiger partial charge in [0.1, 0.15) is 18.2 Å². The molecule has 29 heavy (non-hydrogen) atoms. The largest absolute Gasteiger partial charge is 0.471 e. The normalized spacial score (nSPS) is 19.7. The molecule has 0 aliphatic carbocycles. The molecule has 0 spiro atoms. The highest BCUT2D eigenvalue weighted by atomic mass is 16.5. The Bertz CT molecular complexity index is 982. The Balaban J connectivity index is 1.33. The van der Waals surface area contributed by atoms with Crippen LogP contribution in [0.15, 0.2) is 36.9 Å². The highest BCUT2D eigenvalue weighted by molar-refractivity contribution is 5.86. The molecule has 1 atom stereocenters. The number of piperazine rings is 1. The number of ether oxygens (including phenoxy) is 2. The maximum atomic E-state index is 6.10. The minimum atomic E-state index is 0.0657. The van der Waals surface area contributed by atoms with Crippen LogP contribution in [-0.4, -0.2) is 65.4 Å². The molecular weight excluding hydrogens is 368 g/mol. The summed E-state index contributed by atoms with van der Waals surface area (Å²) in [6.07, 6.45) is 6.20. The van der Waals surface area contributed by atoms with Gasteiger partial charge in [-0.15, -0.1) is 0 Å². The summed E-state index contributed by atoms with van der Waals surface area (Å²) in [4.78, 5) is 22.3. The van der Waals surface area contributed by atoms with Crippen LogP contribution < -0.4 is 14.5 Å². The maximum Gasteiger partial charge on any atom is 0.224 e. The van der Waals surface area contributed by atoms with E-state index in [0.717, 1.165) is 67.3 Å². The minimum Gasteiger partial charge on any atom is -0.471 e. The van der Waals surface area contributed by atoms with Crippen LogP contribution in [0.3, 0.4) is 0 Å². The standard InChI is InChI=1S/C21H24N6O2/c1-15-11-23-20(12-22-15)27-7-5-26(6-8-27)16-2-3-19-18(10-16)21(25-14-24-19)29-17-4-9-28-13-17/h2-3,10-12,14,17H,4-9,13H2,1H3. The van der Waals surface area contributed by atoms with Gasteiger partial charge in [-0.05, 0) is 25.1 Å². The van der Waals surface area contributed by atoms with Crippen LogP contribution >= 0.6 is 0 Å². The van der Waals surface area contributed by atoms with Crippen LogP contribution in [-0.2, 0) is 4.74 Å². The first kappa shape index (κ1) is 18.1. The Kier molecular flexibility index (Phi) is 4.85. The lowest BCUT2D eigenvalue weighted by molar-refractivity contribution is 0.139. The van der Waals surface area contributed by atoms with Crippen molar-refractivity contribution < 1.29 is 9.47 Å². The highest BCUT2D eigenvalue weighted by Gasteiger charge is 2.21. The summed E-state index contributed by atoms with van der Waals surface area (Å²) in [6.45, 7) is 6.97. The fraction of sp³-hybridized carbons (Fsp3) is 0.429. The van der Waals surface area contributed by atoms with Crippen molar-refractivity contribution >= 4 is 22.4 Å². The van der Waals surface area contributed by atoms with Crippen molar-refractivity contribution in [3.05, 3.63) is 42.6 Å². The molecule has 8 heteroatoms. The molecule has 4 heterocycles. The number of nitrogens with zero attached hydrogens (tertiary/aromatic N) is 6. The summed E-state index contributed by atoms with van der Waals surface area (Å²) >= 11 is 0. The second-order valence-electron chi connectivity index (χ2n) is 7.47. The lowest BCUT2D eigenvalue weighted by Crippen LogP contribution is -2.46. The van der Waals surface area contributed by atoms with E-state index in [-0.39, 0.29) is 6.10 Å². The number of fused-ring (bicyclic) bond motifs is 1. The quantitative estimate of drug-likeness (QED) is 0.669. The van der Waals surface area contributed by atoms with E-state index in [4.69, 9.17) is 9.47 Å². The molecule has 1 aromatic carbocycles. The summed E-state index contributed by atoms with van der Waals surface area (Å²) in [5, 5.41) is 0.948. The number of aromatic nitrogens is 4. The molecule has 0 N–H and O–H groups in total. The second kappa shape index (κ2) is 7.79. The zero-order valence-corrected chi connectivity index (χ0v) is 16.5. The third kappa shape index (κ3) is 3.80. The topological polar surface area (TPSA) is 76.5 Å². The van der Waals surface area contributed by atoms with Gasteiger partial charge >= 0.3 is 0 Å². The number of anilines is 2. The predicted molar refractivity (Wildman–Crippen MR) is 111 cm³/mol. The van der Waals surface area contributed by atoms with Gasteiger partial charge in [0, 0.05) is 38.3 Å². The van der Waals surface area contributed by atoms with Crippen LogP contribution in [0.2, 0.25) is 0 Å². The number of hydrogen-bond acceptors (Lipinski definition) is 8. The van der Waals surface area contributed by atoms with Crippen molar-refractivity contribution in [2.24, 2.45) is 0 Å². The summed E-state index contributed by atoms with van der Waals surface area (Å²) in [5.41, 5.74) is 2.99. The van der Waals surface area contributed by atoms with Gasteiger partial charge in [0.15, 0.2) is 0 Å². The molecule has 2 aromatic heterocycles. The van der Waals surface area contributed by atoms with Crippen molar-refractivity contribution in [2.75, 3.05) is 49.2 Å². The van der Waals surface area contributed by atoms with Crippen molar-refractivity contribution in [1.82, 2.24) is 19.9 Å². The number of aryl methyl sites for hydroxylation is 1. The maximum absolute atomic E-state index is 6.10. The molecule has 2 fully saturated rings. The number of hydrogen-bond donors (Lipinski definition) is 0. The van der Waals surface area contributed by atoms with Gasteiger partial charge in [-0.1, -0.05) is 0 Å². The molecule has 1 unspecified atom stereocenters. The van der Waals surface area contributed by atoms with E-state index in [1.807, 2.05) is 25.4 Å². The van der Waals surface area contributed by atoms with E-state index in [9.17, 15) is 0 Å². The van der Waals surface area contributed by atoms with Gasteiger partial charge in [-0.25, -0.2) is 15.0 Å². The lowest BCUT2D eigenvalue weighted by Gasteiger charge is -2.36. The molecule has 0 bridgehead atoms.